The van der Waals surface area contributed by atoms with Gasteiger partial charge in [-0.25, -0.2) is 4.98 Å². The zero-order valence-electron chi connectivity index (χ0n) is 18.0. The number of carbonyl (C=O) groups is 1. The Morgan fingerprint density at radius 2 is 2.03 bits per heavy atom. The van der Waals surface area contributed by atoms with E-state index in [1.165, 1.54) is 25.3 Å². The molecule has 7 nitrogen and oxygen atoms in total. The molecule has 4 rings (SSSR count). The van der Waals surface area contributed by atoms with Crippen LogP contribution < -0.4 is 10.1 Å². The van der Waals surface area contributed by atoms with Crippen LogP contribution in [0, 0.1) is 5.92 Å². The van der Waals surface area contributed by atoms with Crippen molar-refractivity contribution in [3.8, 4) is 5.75 Å². The fourth-order valence-corrected chi connectivity index (χ4v) is 4.11. The van der Waals surface area contributed by atoms with Gasteiger partial charge in [0.1, 0.15) is 17.1 Å². The molecule has 32 heavy (non-hydrogen) atoms. The molecule has 2 aromatic heterocycles. The van der Waals surface area contributed by atoms with E-state index in [-0.39, 0.29) is 18.3 Å². The number of ether oxygens (including phenoxy) is 1. The van der Waals surface area contributed by atoms with E-state index < -0.39 is 17.5 Å². The number of benzene rings is 1. The van der Waals surface area contributed by atoms with Crippen molar-refractivity contribution in [2.45, 2.75) is 44.6 Å². The molecule has 1 aliphatic carbocycles. The molecule has 0 spiro atoms. The number of halogens is 2. The number of nitrogens with one attached hydrogen (secondary N) is 1. The molecule has 1 saturated carbocycles. The minimum Gasteiger partial charge on any atom is -0.494 e. The molecule has 3 aromatic rings. The standard InChI is InChI=1S/C23H26F2N4O3/c1-23(24,25)21-5-3-4-17(26-21)22(31)27-19-10-15-12-29(28-18(15)11-20(19)32-2)16-8-6-14(13-30)7-9-16/h3-5,10-12,14,16,30H,6-9,13H2,1-2H3,(H,27,31). The summed E-state index contributed by atoms with van der Waals surface area (Å²) in [5.74, 6) is -2.98. The summed E-state index contributed by atoms with van der Waals surface area (Å²) >= 11 is 0. The largest absolute Gasteiger partial charge is 0.494 e. The Hall–Kier alpha value is -3.07. The Kier molecular flexibility index (Phi) is 6.10. The topological polar surface area (TPSA) is 89.3 Å². The van der Waals surface area contributed by atoms with E-state index in [0.717, 1.165) is 43.5 Å². The van der Waals surface area contributed by atoms with E-state index in [0.29, 0.717) is 17.4 Å². The van der Waals surface area contributed by atoms with Crippen LogP contribution in [0.4, 0.5) is 14.5 Å². The van der Waals surface area contributed by atoms with Crippen LogP contribution >= 0.6 is 0 Å². The summed E-state index contributed by atoms with van der Waals surface area (Å²) in [4.78, 5) is 16.5. The highest BCUT2D eigenvalue weighted by molar-refractivity contribution is 6.05. The van der Waals surface area contributed by atoms with Crippen molar-refractivity contribution >= 4 is 22.5 Å². The van der Waals surface area contributed by atoms with Crippen molar-refractivity contribution < 1.29 is 23.4 Å². The van der Waals surface area contributed by atoms with Crippen molar-refractivity contribution in [3.05, 3.63) is 47.9 Å². The maximum Gasteiger partial charge on any atom is 0.287 e. The summed E-state index contributed by atoms with van der Waals surface area (Å²) in [6, 6.07) is 7.71. The Labute approximate surface area is 184 Å². The quantitative estimate of drug-likeness (QED) is 0.583. The van der Waals surface area contributed by atoms with Gasteiger partial charge < -0.3 is 15.2 Å². The third kappa shape index (κ3) is 4.57. The van der Waals surface area contributed by atoms with Gasteiger partial charge in [0, 0.05) is 31.2 Å². The molecule has 170 valence electrons. The second kappa shape index (κ2) is 8.82. The van der Waals surface area contributed by atoms with Crippen molar-refractivity contribution in [2.24, 2.45) is 5.92 Å². The number of rotatable bonds is 6. The van der Waals surface area contributed by atoms with Gasteiger partial charge >= 0.3 is 0 Å². The molecular weight excluding hydrogens is 418 g/mol. The second-order valence-corrected chi connectivity index (χ2v) is 8.33. The third-order valence-electron chi connectivity index (χ3n) is 5.97. The van der Waals surface area contributed by atoms with Crippen molar-refractivity contribution in [3.63, 3.8) is 0 Å². The highest BCUT2D eigenvalue weighted by Gasteiger charge is 2.27. The molecule has 1 aromatic carbocycles. The molecule has 1 fully saturated rings. The highest BCUT2D eigenvalue weighted by atomic mass is 19.3. The number of anilines is 1. The number of methoxy groups -OCH3 is 1. The van der Waals surface area contributed by atoms with Gasteiger partial charge in [-0.1, -0.05) is 6.07 Å². The number of hydrogen-bond donors (Lipinski definition) is 2. The maximum atomic E-state index is 13.6. The van der Waals surface area contributed by atoms with E-state index >= 15 is 0 Å². The molecule has 0 aliphatic heterocycles. The number of aliphatic hydroxyl groups excluding tert-OH is 1. The predicted octanol–water partition coefficient (Wildman–Crippen LogP) is 4.53. The Balaban J connectivity index is 1.58. The summed E-state index contributed by atoms with van der Waals surface area (Å²) in [6.07, 6.45) is 5.76. The Morgan fingerprint density at radius 3 is 2.69 bits per heavy atom. The lowest BCUT2D eigenvalue weighted by molar-refractivity contribution is 0.0126. The van der Waals surface area contributed by atoms with E-state index in [1.54, 1.807) is 12.1 Å². The van der Waals surface area contributed by atoms with Crippen LogP contribution in [0.5, 0.6) is 5.75 Å². The minimum atomic E-state index is -3.14. The van der Waals surface area contributed by atoms with E-state index in [9.17, 15) is 18.7 Å². The van der Waals surface area contributed by atoms with E-state index in [4.69, 9.17) is 4.74 Å². The summed E-state index contributed by atoms with van der Waals surface area (Å²) in [5.41, 5.74) is 0.561. The molecule has 0 saturated heterocycles. The molecule has 0 unspecified atom stereocenters. The third-order valence-corrected chi connectivity index (χ3v) is 5.97. The molecule has 2 heterocycles. The number of aromatic nitrogens is 3. The fraction of sp³-hybridized carbons (Fsp3) is 0.435. The first-order chi connectivity index (χ1) is 15.3. The highest BCUT2D eigenvalue weighted by Crippen LogP contribution is 2.35. The van der Waals surface area contributed by atoms with Crippen LogP contribution in [0.25, 0.3) is 10.9 Å². The summed E-state index contributed by atoms with van der Waals surface area (Å²) in [6.45, 7) is 0.962. The normalized spacial score (nSPS) is 19.2. The first-order valence-electron chi connectivity index (χ1n) is 10.6. The fourth-order valence-electron chi connectivity index (χ4n) is 4.11. The van der Waals surface area contributed by atoms with E-state index in [2.05, 4.69) is 15.4 Å². The van der Waals surface area contributed by atoms with Crippen molar-refractivity contribution in [2.75, 3.05) is 19.0 Å². The van der Waals surface area contributed by atoms with Gasteiger partial charge in [-0.15, -0.1) is 0 Å². The Morgan fingerprint density at radius 1 is 1.28 bits per heavy atom. The molecule has 0 atom stereocenters. The average molecular weight is 444 g/mol. The molecule has 9 heteroatoms. The predicted molar refractivity (Wildman–Crippen MR) is 116 cm³/mol. The molecule has 0 bridgehead atoms. The smallest absolute Gasteiger partial charge is 0.287 e. The van der Waals surface area contributed by atoms with Crippen LogP contribution in [0.2, 0.25) is 0 Å². The van der Waals surface area contributed by atoms with Crippen LogP contribution in [0.1, 0.15) is 54.8 Å². The van der Waals surface area contributed by atoms with Gasteiger partial charge in [0.2, 0.25) is 0 Å². The van der Waals surface area contributed by atoms with Crippen LogP contribution in [-0.2, 0) is 5.92 Å². The second-order valence-electron chi connectivity index (χ2n) is 8.33. The first kappa shape index (κ1) is 22.1. The zero-order valence-corrected chi connectivity index (χ0v) is 18.0. The number of carbonyl (C=O) groups excluding carboxylic acids is 1. The van der Waals surface area contributed by atoms with Gasteiger partial charge in [-0.05, 0) is 49.8 Å². The van der Waals surface area contributed by atoms with Gasteiger partial charge in [0.25, 0.3) is 11.8 Å². The van der Waals surface area contributed by atoms with Gasteiger partial charge in [-0.3, -0.25) is 9.48 Å². The molecule has 2 N–H and O–H groups in total. The van der Waals surface area contributed by atoms with Crippen LogP contribution in [-0.4, -0.2) is 39.5 Å². The summed E-state index contributed by atoms with van der Waals surface area (Å²) in [5, 5.41) is 17.6. The van der Waals surface area contributed by atoms with Gasteiger partial charge in [0.05, 0.1) is 24.4 Å². The molecule has 1 aliphatic rings. The van der Waals surface area contributed by atoms with Gasteiger partial charge in [0.15, 0.2) is 0 Å². The molecule has 0 radical (unpaired) electrons. The number of aliphatic hydroxyl groups is 1. The number of fused-ring (bicyclic) bond motifs is 1. The van der Waals surface area contributed by atoms with Crippen LogP contribution in [0.3, 0.4) is 0 Å². The minimum absolute atomic E-state index is 0.109. The lowest BCUT2D eigenvalue weighted by Gasteiger charge is -2.27. The SMILES string of the molecule is COc1cc2nn(C3CCC(CO)CC3)cc2cc1NC(=O)c1cccc(C(C)(F)F)n1. The van der Waals surface area contributed by atoms with Crippen LogP contribution in [0.15, 0.2) is 36.5 Å². The first-order valence-corrected chi connectivity index (χ1v) is 10.6. The summed E-state index contributed by atoms with van der Waals surface area (Å²) in [7, 11) is 1.49. The van der Waals surface area contributed by atoms with Gasteiger partial charge in [-0.2, -0.15) is 13.9 Å². The molecule has 1 amide bonds. The lowest BCUT2D eigenvalue weighted by Crippen LogP contribution is -2.20. The maximum absolute atomic E-state index is 13.6. The number of alkyl halides is 2. The van der Waals surface area contributed by atoms with Crippen molar-refractivity contribution in [1.82, 2.24) is 14.8 Å². The number of pyridine rings is 1. The lowest BCUT2D eigenvalue weighted by atomic mass is 9.87. The Bertz CT molecular complexity index is 1120. The number of amides is 1. The molecular formula is C23H26F2N4O3. The average Bonchev–Trinajstić information content (AvgIpc) is 3.21. The summed E-state index contributed by atoms with van der Waals surface area (Å²) < 4.78 is 34.5. The van der Waals surface area contributed by atoms with E-state index in [1.807, 2.05) is 10.9 Å². The van der Waals surface area contributed by atoms with Crippen molar-refractivity contribution in [1.29, 1.82) is 0 Å². The zero-order chi connectivity index (χ0) is 22.9. The number of hydrogen-bond acceptors (Lipinski definition) is 5. The number of nitrogens with zero attached hydrogens (tertiary/aromatic N) is 3. The monoisotopic (exact) mass is 444 g/mol.